The molecule has 3 N–H and O–H groups in total. The van der Waals surface area contributed by atoms with Gasteiger partial charge in [0.2, 0.25) is 5.88 Å². The third-order valence-corrected chi connectivity index (χ3v) is 2.82. The Hall–Kier alpha value is -2.89. The van der Waals surface area contributed by atoms with Gasteiger partial charge >= 0.3 is 0 Å². The number of phenols is 1. The molecule has 6 nitrogen and oxygen atoms in total. The summed E-state index contributed by atoms with van der Waals surface area (Å²) in [6.07, 6.45) is 2.68. The smallest absolute Gasteiger partial charge is 0.258 e. The lowest BCUT2D eigenvalue weighted by molar-refractivity contribution is 0.455. The molecule has 0 spiro atoms. The van der Waals surface area contributed by atoms with Crippen molar-refractivity contribution in [3.05, 3.63) is 47.1 Å². The summed E-state index contributed by atoms with van der Waals surface area (Å²) in [5.41, 5.74) is 0.790. The molecule has 0 fully saturated rings. The van der Waals surface area contributed by atoms with Crippen LogP contribution < -0.4 is 5.56 Å². The summed E-state index contributed by atoms with van der Waals surface area (Å²) in [6, 6.07) is 6.29. The summed E-state index contributed by atoms with van der Waals surface area (Å²) in [4.78, 5) is 21.8. The fraction of sp³-hybridized carbons (Fsp3) is 0. The van der Waals surface area contributed by atoms with Crippen LogP contribution in [0.2, 0.25) is 0 Å². The van der Waals surface area contributed by atoms with Gasteiger partial charge in [-0.3, -0.25) is 4.79 Å². The Labute approximate surface area is 107 Å². The SMILES string of the molecule is O=c1[nH]cnc2c(O)cc(-c3cccnc3O)cc12. The van der Waals surface area contributed by atoms with Crippen LogP contribution in [0.1, 0.15) is 0 Å². The van der Waals surface area contributed by atoms with Gasteiger partial charge in [-0.1, -0.05) is 0 Å². The van der Waals surface area contributed by atoms with Crippen molar-refractivity contribution in [2.24, 2.45) is 0 Å². The third kappa shape index (κ3) is 1.79. The fourth-order valence-electron chi connectivity index (χ4n) is 1.94. The molecule has 1 aromatic carbocycles. The molecule has 0 radical (unpaired) electrons. The Kier molecular flexibility index (Phi) is 2.42. The molecular weight excluding hydrogens is 246 g/mol. The predicted octanol–water partition coefficient (Wildman–Crippen LogP) is 1.40. The largest absolute Gasteiger partial charge is 0.506 e. The molecule has 0 aliphatic rings. The van der Waals surface area contributed by atoms with Crippen molar-refractivity contribution in [1.82, 2.24) is 15.0 Å². The van der Waals surface area contributed by atoms with E-state index in [0.717, 1.165) is 0 Å². The number of H-pyrrole nitrogens is 1. The molecule has 0 saturated carbocycles. The van der Waals surface area contributed by atoms with Gasteiger partial charge in [0.15, 0.2) is 0 Å². The van der Waals surface area contributed by atoms with E-state index in [1.807, 2.05) is 0 Å². The van der Waals surface area contributed by atoms with Crippen molar-refractivity contribution in [3.63, 3.8) is 0 Å². The third-order valence-electron chi connectivity index (χ3n) is 2.82. The van der Waals surface area contributed by atoms with Crippen molar-refractivity contribution in [3.8, 4) is 22.8 Å². The number of aromatic hydroxyl groups is 2. The molecular formula is C13H9N3O3. The Morgan fingerprint density at radius 1 is 1.16 bits per heavy atom. The van der Waals surface area contributed by atoms with Gasteiger partial charge in [0.25, 0.3) is 5.56 Å². The van der Waals surface area contributed by atoms with Crippen LogP contribution in [0.5, 0.6) is 11.6 Å². The van der Waals surface area contributed by atoms with E-state index in [4.69, 9.17) is 0 Å². The first kappa shape index (κ1) is 11.2. The average molecular weight is 255 g/mol. The molecule has 6 heteroatoms. The van der Waals surface area contributed by atoms with E-state index in [-0.39, 0.29) is 28.1 Å². The number of fused-ring (bicyclic) bond motifs is 1. The van der Waals surface area contributed by atoms with Crippen LogP contribution in [0.25, 0.3) is 22.0 Å². The molecule has 3 aromatic rings. The molecule has 0 aliphatic carbocycles. The topological polar surface area (TPSA) is 99.1 Å². The van der Waals surface area contributed by atoms with Crippen molar-refractivity contribution in [2.75, 3.05) is 0 Å². The maximum atomic E-state index is 11.7. The second kappa shape index (κ2) is 4.09. The number of nitrogens with zero attached hydrogens (tertiary/aromatic N) is 2. The van der Waals surface area contributed by atoms with Crippen LogP contribution in [-0.2, 0) is 0 Å². The summed E-state index contributed by atoms with van der Waals surface area (Å²) in [5, 5.41) is 19.9. The first-order valence-electron chi connectivity index (χ1n) is 5.51. The van der Waals surface area contributed by atoms with Gasteiger partial charge in [-0.25, -0.2) is 9.97 Å². The zero-order valence-electron chi connectivity index (χ0n) is 9.66. The van der Waals surface area contributed by atoms with Gasteiger partial charge in [-0.2, -0.15) is 0 Å². The normalized spacial score (nSPS) is 10.7. The van der Waals surface area contributed by atoms with E-state index in [9.17, 15) is 15.0 Å². The lowest BCUT2D eigenvalue weighted by Crippen LogP contribution is -2.06. The highest BCUT2D eigenvalue weighted by molar-refractivity contribution is 5.89. The Morgan fingerprint density at radius 2 is 2.00 bits per heavy atom. The highest BCUT2D eigenvalue weighted by Gasteiger charge is 2.11. The lowest BCUT2D eigenvalue weighted by Gasteiger charge is -2.06. The number of aromatic nitrogens is 3. The number of aromatic amines is 1. The highest BCUT2D eigenvalue weighted by atomic mass is 16.3. The second-order valence-electron chi connectivity index (χ2n) is 4.00. The van der Waals surface area contributed by atoms with Crippen LogP contribution >= 0.6 is 0 Å². The molecule has 2 aromatic heterocycles. The molecule has 0 atom stereocenters. The Balaban J connectivity index is 2.36. The van der Waals surface area contributed by atoms with Crippen LogP contribution in [-0.4, -0.2) is 25.2 Å². The second-order valence-corrected chi connectivity index (χ2v) is 4.00. The van der Waals surface area contributed by atoms with E-state index < -0.39 is 0 Å². The maximum Gasteiger partial charge on any atom is 0.258 e. The van der Waals surface area contributed by atoms with Gasteiger partial charge in [-0.05, 0) is 29.8 Å². The summed E-state index contributed by atoms with van der Waals surface area (Å²) < 4.78 is 0. The Morgan fingerprint density at radius 3 is 2.79 bits per heavy atom. The average Bonchev–Trinajstić information content (AvgIpc) is 2.40. The lowest BCUT2D eigenvalue weighted by atomic mass is 10.0. The van der Waals surface area contributed by atoms with Gasteiger partial charge in [-0.15, -0.1) is 0 Å². The fourth-order valence-corrected chi connectivity index (χ4v) is 1.94. The van der Waals surface area contributed by atoms with Gasteiger partial charge in [0.05, 0.1) is 11.7 Å². The number of phenolic OH excluding ortho intramolecular Hbond substituents is 1. The minimum atomic E-state index is -0.356. The number of hydrogen-bond acceptors (Lipinski definition) is 5. The number of hydrogen-bond donors (Lipinski definition) is 3. The summed E-state index contributed by atoms with van der Waals surface area (Å²) in [6.45, 7) is 0. The number of rotatable bonds is 1. The monoisotopic (exact) mass is 255 g/mol. The van der Waals surface area contributed by atoms with Crippen LogP contribution in [0, 0.1) is 0 Å². The summed E-state index contributed by atoms with van der Waals surface area (Å²) in [7, 11) is 0. The van der Waals surface area contributed by atoms with E-state index in [1.165, 1.54) is 18.6 Å². The maximum absolute atomic E-state index is 11.7. The molecule has 3 rings (SSSR count). The van der Waals surface area contributed by atoms with E-state index in [0.29, 0.717) is 11.1 Å². The number of nitrogens with one attached hydrogen (secondary N) is 1. The molecule has 0 saturated heterocycles. The van der Waals surface area contributed by atoms with Gasteiger partial charge in [0.1, 0.15) is 11.3 Å². The molecule has 94 valence electrons. The first-order chi connectivity index (χ1) is 9.16. The molecule has 0 bridgehead atoms. The van der Waals surface area contributed by atoms with Crippen molar-refractivity contribution >= 4 is 10.9 Å². The van der Waals surface area contributed by atoms with Crippen molar-refractivity contribution < 1.29 is 10.2 Å². The van der Waals surface area contributed by atoms with Crippen LogP contribution in [0.3, 0.4) is 0 Å². The highest BCUT2D eigenvalue weighted by Crippen LogP contribution is 2.32. The van der Waals surface area contributed by atoms with Crippen molar-refractivity contribution in [1.29, 1.82) is 0 Å². The van der Waals surface area contributed by atoms with E-state index in [1.54, 1.807) is 18.2 Å². The first-order valence-corrected chi connectivity index (χ1v) is 5.51. The zero-order chi connectivity index (χ0) is 13.4. The van der Waals surface area contributed by atoms with Gasteiger partial charge in [0, 0.05) is 11.8 Å². The standard InChI is InChI=1S/C13H9N3O3/c17-10-5-7(8-2-1-3-14-12(8)18)4-9-11(10)15-6-16-13(9)19/h1-6,17H,(H,14,18)(H,15,16,19). The summed E-state index contributed by atoms with van der Waals surface area (Å²) >= 11 is 0. The van der Waals surface area contributed by atoms with Gasteiger partial charge < -0.3 is 15.2 Å². The molecule has 2 heterocycles. The minimum absolute atomic E-state index is 0.123. The quantitative estimate of drug-likeness (QED) is 0.610. The van der Waals surface area contributed by atoms with E-state index in [2.05, 4.69) is 15.0 Å². The van der Waals surface area contributed by atoms with E-state index >= 15 is 0 Å². The predicted molar refractivity (Wildman–Crippen MR) is 68.9 cm³/mol. The molecule has 0 aliphatic heterocycles. The van der Waals surface area contributed by atoms with Crippen LogP contribution in [0.4, 0.5) is 0 Å². The summed E-state index contributed by atoms with van der Waals surface area (Å²) in [5.74, 6) is -0.288. The Bertz CT molecular complexity index is 827. The molecule has 0 unspecified atom stereocenters. The van der Waals surface area contributed by atoms with Crippen molar-refractivity contribution in [2.45, 2.75) is 0 Å². The minimum Gasteiger partial charge on any atom is -0.506 e. The number of pyridine rings is 1. The van der Waals surface area contributed by atoms with Crippen LogP contribution in [0.15, 0.2) is 41.6 Å². The number of benzene rings is 1. The molecule has 19 heavy (non-hydrogen) atoms. The molecule has 0 amide bonds. The zero-order valence-corrected chi connectivity index (χ0v) is 9.66.